The second-order valence-electron chi connectivity index (χ2n) is 6.81. The van der Waals surface area contributed by atoms with E-state index in [-0.39, 0.29) is 0 Å². The summed E-state index contributed by atoms with van der Waals surface area (Å²) in [7, 11) is 0. The third-order valence-electron chi connectivity index (χ3n) is 5.32. The molecule has 3 aliphatic heterocycles. The SMILES string of the molecule is CC.N#Cc1c(Cl)cc(N2CCOCC2)cc1N1CCC2(CNC2)C1. The second-order valence-corrected chi connectivity index (χ2v) is 7.22. The number of hydrogen-bond donors (Lipinski definition) is 1. The van der Waals surface area contributed by atoms with Gasteiger partial charge in [0, 0.05) is 50.4 Å². The number of nitrogens with zero attached hydrogens (tertiary/aromatic N) is 3. The molecular weight excluding hydrogens is 336 g/mol. The van der Waals surface area contributed by atoms with E-state index in [0.29, 0.717) is 16.0 Å². The number of morpholine rings is 1. The van der Waals surface area contributed by atoms with Gasteiger partial charge in [-0.1, -0.05) is 25.4 Å². The van der Waals surface area contributed by atoms with E-state index in [9.17, 15) is 5.26 Å². The van der Waals surface area contributed by atoms with Crippen LogP contribution in [0, 0.1) is 16.7 Å². The zero-order chi connectivity index (χ0) is 17.9. The molecule has 1 spiro atoms. The van der Waals surface area contributed by atoms with Gasteiger partial charge in [0.05, 0.1) is 29.5 Å². The molecule has 0 aliphatic carbocycles. The van der Waals surface area contributed by atoms with E-state index in [2.05, 4.69) is 27.3 Å². The number of nitriles is 1. The Morgan fingerprint density at radius 3 is 2.44 bits per heavy atom. The maximum Gasteiger partial charge on any atom is 0.103 e. The molecule has 136 valence electrons. The largest absolute Gasteiger partial charge is 0.378 e. The van der Waals surface area contributed by atoms with Crippen molar-refractivity contribution in [1.29, 1.82) is 5.26 Å². The number of hydrogen-bond acceptors (Lipinski definition) is 5. The number of anilines is 2. The van der Waals surface area contributed by atoms with Gasteiger partial charge < -0.3 is 19.9 Å². The fraction of sp³-hybridized carbons (Fsp3) is 0.632. The minimum absolute atomic E-state index is 0.397. The minimum Gasteiger partial charge on any atom is -0.378 e. The minimum atomic E-state index is 0.397. The Morgan fingerprint density at radius 2 is 1.88 bits per heavy atom. The summed E-state index contributed by atoms with van der Waals surface area (Å²) in [4.78, 5) is 4.63. The number of halogens is 1. The zero-order valence-corrected chi connectivity index (χ0v) is 15.9. The molecule has 0 aromatic heterocycles. The molecule has 0 bridgehead atoms. The molecule has 6 heteroatoms. The molecule has 3 heterocycles. The van der Waals surface area contributed by atoms with Crippen molar-refractivity contribution >= 4 is 23.0 Å². The lowest BCUT2D eigenvalue weighted by Gasteiger charge is -2.39. The Kier molecular flexibility index (Phi) is 5.73. The van der Waals surface area contributed by atoms with E-state index in [0.717, 1.165) is 63.9 Å². The smallest absolute Gasteiger partial charge is 0.103 e. The summed E-state index contributed by atoms with van der Waals surface area (Å²) in [6.45, 7) is 11.4. The highest BCUT2D eigenvalue weighted by molar-refractivity contribution is 6.32. The Hall–Kier alpha value is -1.48. The van der Waals surface area contributed by atoms with Crippen LogP contribution in [-0.2, 0) is 4.74 Å². The summed E-state index contributed by atoms with van der Waals surface area (Å²) < 4.78 is 5.43. The number of ether oxygens (including phenoxy) is 1. The molecular formula is C19H27ClN4O. The van der Waals surface area contributed by atoms with Gasteiger partial charge in [0.1, 0.15) is 6.07 Å². The van der Waals surface area contributed by atoms with Crippen molar-refractivity contribution in [2.75, 3.05) is 62.3 Å². The number of rotatable bonds is 2. The summed E-state index contributed by atoms with van der Waals surface area (Å²) in [6, 6.07) is 6.36. The summed E-state index contributed by atoms with van der Waals surface area (Å²) in [5.74, 6) is 0. The van der Waals surface area contributed by atoms with Gasteiger partial charge in [0.15, 0.2) is 0 Å². The van der Waals surface area contributed by atoms with Crippen molar-refractivity contribution < 1.29 is 4.74 Å². The molecule has 0 amide bonds. The van der Waals surface area contributed by atoms with E-state index in [1.165, 1.54) is 6.42 Å². The van der Waals surface area contributed by atoms with Crippen LogP contribution >= 0.6 is 11.6 Å². The standard InChI is InChI=1S/C17H21ClN4O.C2H6/c18-15-7-13(21-3-5-23-6-4-21)8-16(14(15)9-19)22-2-1-17(12-22)10-20-11-17;1-2/h7-8,20H,1-6,10-12H2;1-2H3. The first-order valence-electron chi connectivity index (χ1n) is 9.23. The normalized spacial score (nSPS) is 21.4. The third-order valence-corrected chi connectivity index (χ3v) is 5.62. The molecule has 4 rings (SSSR count). The van der Waals surface area contributed by atoms with E-state index in [1.54, 1.807) is 0 Å². The van der Waals surface area contributed by atoms with Gasteiger partial charge in [-0.05, 0) is 18.6 Å². The van der Waals surface area contributed by atoms with E-state index in [4.69, 9.17) is 16.3 Å². The van der Waals surface area contributed by atoms with Crippen LogP contribution in [0.5, 0.6) is 0 Å². The molecule has 0 atom stereocenters. The van der Waals surface area contributed by atoms with Gasteiger partial charge >= 0.3 is 0 Å². The molecule has 5 nitrogen and oxygen atoms in total. The summed E-state index contributed by atoms with van der Waals surface area (Å²) in [6.07, 6.45) is 1.18. The van der Waals surface area contributed by atoms with Crippen molar-refractivity contribution in [1.82, 2.24) is 5.32 Å². The molecule has 1 aromatic carbocycles. The van der Waals surface area contributed by atoms with Crippen LogP contribution in [0.3, 0.4) is 0 Å². The molecule has 3 saturated heterocycles. The van der Waals surface area contributed by atoms with Gasteiger partial charge in [-0.15, -0.1) is 0 Å². The lowest BCUT2D eigenvalue weighted by Crippen LogP contribution is -2.54. The Balaban J connectivity index is 0.000000880. The van der Waals surface area contributed by atoms with Crippen LogP contribution in [0.4, 0.5) is 11.4 Å². The van der Waals surface area contributed by atoms with Crippen molar-refractivity contribution in [3.8, 4) is 6.07 Å². The lowest BCUT2D eigenvalue weighted by molar-refractivity contribution is 0.122. The number of benzene rings is 1. The first-order chi connectivity index (χ1) is 12.2. The molecule has 1 N–H and O–H groups in total. The summed E-state index contributed by atoms with van der Waals surface area (Å²) in [5, 5.41) is 13.5. The van der Waals surface area contributed by atoms with Crippen molar-refractivity contribution in [3.05, 3.63) is 22.7 Å². The zero-order valence-electron chi connectivity index (χ0n) is 15.1. The van der Waals surface area contributed by atoms with Gasteiger partial charge in [0.2, 0.25) is 0 Å². The second kappa shape index (κ2) is 7.82. The third kappa shape index (κ3) is 3.57. The first-order valence-corrected chi connectivity index (χ1v) is 9.61. The molecule has 0 radical (unpaired) electrons. The van der Waals surface area contributed by atoms with Crippen molar-refractivity contribution in [2.45, 2.75) is 20.3 Å². The van der Waals surface area contributed by atoms with Crippen LogP contribution in [-0.4, -0.2) is 52.5 Å². The highest BCUT2D eigenvalue weighted by Gasteiger charge is 2.43. The van der Waals surface area contributed by atoms with Crippen LogP contribution in [0.1, 0.15) is 25.8 Å². The van der Waals surface area contributed by atoms with Crippen molar-refractivity contribution in [2.24, 2.45) is 5.41 Å². The Bertz CT molecular complexity index is 648. The quantitative estimate of drug-likeness (QED) is 0.876. The number of nitrogens with one attached hydrogen (secondary N) is 1. The first kappa shape index (κ1) is 18.3. The Labute approximate surface area is 155 Å². The highest BCUT2D eigenvalue weighted by Crippen LogP contribution is 2.40. The van der Waals surface area contributed by atoms with Crippen molar-refractivity contribution in [3.63, 3.8) is 0 Å². The fourth-order valence-corrected chi connectivity index (χ4v) is 4.10. The van der Waals surface area contributed by atoms with Gasteiger partial charge in [-0.25, -0.2) is 0 Å². The monoisotopic (exact) mass is 362 g/mol. The summed E-state index contributed by atoms with van der Waals surface area (Å²) >= 11 is 6.43. The average Bonchev–Trinajstić information content (AvgIpc) is 3.09. The summed E-state index contributed by atoms with van der Waals surface area (Å²) in [5.41, 5.74) is 3.09. The predicted molar refractivity (Wildman–Crippen MR) is 103 cm³/mol. The average molecular weight is 363 g/mol. The topological polar surface area (TPSA) is 51.5 Å². The fourth-order valence-electron chi connectivity index (χ4n) is 3.85. The van der Waals surface area contributed by atoms with E-state index in [1.807, 2.05) is 19.9 Å². The predicted octanol–water partition coefficient (Wildman–Crippen LogP) is 2.87. The molecule has 25 heavy (non-hydrogen) atoms. The van der Waals surface area contributed by atoms with Crippen LogP contribution in [0.25, 0.3) is 0 Å². The molecule has 0 saturated carbocycles. The lowest BCUT2D eigenvalue weighted by atomic mass is 9.81. The molecule has 3 fully saturated rings. The van der Waals surface area contributed by atoms with E-state index < -0.39 is 0 Å². The van der Waals surface area contributed by atoms with Gasteiger partial charge in [-0.3, -0.25) is 0 Å². The van der Waals surface area contributed by atoms with Crippen LogP contribution in [0.15, 0.2) is 12.1 Å². The maximum atomic E-state index is 9.56. The molecule has 3 aliphatic rings. The Morgan fingerprint density at radius 1 is 1.16 bits per heavy atom. The van der Waals surface area contributed by atoms with Crippen LogP contribution in [0.2, 0.25) is 5.02 Å². The van der Waals surface area contributed by atoms with E-state index >= 15 is 0 Å². The molecule has 0 unspecified atom stereocenters. The maximum absolute atomic E-state index is 9.56. The highest BCUT2D eigenvalue weighted by atomic mass is 35.5. The molecule has 1 aromatic rings. The van der Waals surface area contributed by atoms with Gasteiger partial charge in [-0.2, -0.15) is 5.26 Å². The van der Waals surface area contributed by atoms with Gasteiger partial charge in [0.25, 0.3) is 0 Å². The van der Waals surface area contributed by atoms with Crippen LogP contribution < -0.4 is 15.1 Å².